The fraction of sp³-hybridized carbons (Fsp3) is 0.176. The Balaban J connectivity index is 0.00000106. The van der Waals surface area contributed by atoms with Crippen molar-refractivity contribution in [2.75, 3.05) is 7.05 Å². The molecule has 0 spiro atoms. The maximum absolute atomic E-state index is 11.6. The molecule has 0 aromatic heterocycles. The van der Waals surface area contributed by atoms with Crippen molar-refractivity contribution in [3.8, 4) is 11.1 Å². The SMILES string of the molecule is CC.CNC(=O)c1cccc(-c2cccc(C(N)=O)c2)c1. The highest BCUT2D eigenvalue weighted by atomic mass is 16.1. The van der Waals surface area contributed by atoms with Gasteiger partial charge < -0.3 is 11.1 Å². The summed E-state index contributed by atoms with van der Waals surface area (Å²) in [4.78, 5) is 22.8. The smallest absolute Gasteiger partial charge is 0.251 e. The molecule has 0 saturated carbocycles. The lowest BCUT2D eigenvalue weighted by Crippen LogP contribution is -2.17. The van der Waals surface area contributed by atoms with Gasteiger partial charge in [-0.05, 0) is 35.4 Å². The van der Waals surface area contributed by atoms with Crippen LogP contribution in [-0.4, -0.2) is 18.9 Å². The average molecular weight is 284 g/mol. The minimum atomic E-state index is -0.468. The van der Waals surface area contributed by atoms with E-state index in [0.29, 0.717) is 11.1 Å². The van der Waals surface area contributed by atoms with Crippen LogP contribution in [0.3, 0.4) is 0 Å². The van der Waals surface area contributed by atoms with E-state index in [2.05, 4.69) is 5.32 Å². The second kappa shape index (κ2) is 7.85. The Morgan fingerprint density at radius 3 is 1.86 bits per heavy atom. The Labute approximate surface area is 125 Å². The first-order valence-corrected chi connectivity index (χ1v) is 6.84. The Hall–Kier alpha value is -2.62. The van der Waals surface area contributed by atoms with Crippen LogP contribution in [0.5, 0.6) is 0 Å². The molecule has 2 aromatic rings. The molecule has 0 atom stereocenters. The molecule has 3 N–H and O–H groups in total. The van der Waals surface area contributed by atoms with Crippen molar-refractivity contribution in [1.82, 2.24) is 5.32 Å². The van der Waals surface area contributed by atoms with Gasteiger partial charge in [0.2, 0.25) is 5.91 Å². The van der Waals surface area contributed by atoms with Crippen LogP contribution in [0.2, 0.25) is 0 Å². The van der Waals surface area contributed by atoms with Gasteiger partial charge in [-0.25, -0.2) is 0 Å². The van der Waals surface area contributed by atoms with Crippen molar-refractivity contribution in [2.24, 2.45) is 5.73 Å². The van der Waals surface area contributed by atoms with Gasteiger partial charge in [-0.3, -0.25) is 9.59 Å². The maximum atomic E-state index is 11.6. The normalized spacial score (nSPS) is 9.29. The molecule has 4 heteroatoms. The standard InChI is InChI=1S/C15H14N2O2.C2H6/c1-17-15(19)13-7-3-5-11(9-13)10-4-2-6-12(8-10)14(16)18;1-2/h2-9H,1H3,(H2,16,18)(H,17,19);1-2H3. The summed E-state index contributed by atoms with van der Waals surface area (Å²) in [6, 6.07) is 14.2. The number of rotatable bonds is 3. The third-order valence-corrected chi connectivity index (χ3v) is 2.83. The monoisotopic (exact) mass is 284 g/mol. The number of carbonyl (C=O) groups excluding carboxylic acids is 2. The Kier molecular flexibility index (Phi) is 6.14. The summed E-state index contributed by atoms with van der Waals surface area (Å²) in [5.74, 6) is -0.614. The number of benzene rings is 2. The number of hydrogen-bond acceptors (Lipinski definition) is 2. The van der Waals surface area contributed by atoms with Gasteiger partial charge in [0.05, 0.1) is 0 Å². The summed E-state index contributed by atoms with van der Waals surface area (Å²) in [6.07, 6.45) is 0. The number of hydrogen-bond donors (Lipinski definition) is 2. The highest BCUT2D eigenvalue weighted by Crippen LogP contribution is 2.21. The first-order chi connectivity index (χ1) is 10.1. The van der Waals surface area contributed by atoms with Gasteiger partial charge in [0.15, 0.2) is 0 Å². The van der Waals surface area contributed by atoms with Crippen LogP contribution in [0, 0.1) is 0 Å². The number of nitrogens with two attached hydrogens (primary N) is 1. The topological polar surface area (TPSA) is 72.2 Å². The van der Waals surface area contributed by atoms with Crippen LogP contribution >= 0.6 is 0 Å². The van der Waals surface area contributed by atoms with Crippen molar-refractivity contribution in [3.05, 3.63) is 59.7 Å². The van der Waals surface area contributed by atoms with Gasteiger partial charge in [-0.2, -0.15) is 0 Å². The lowest BCUT2D eigenvalue weighted by Gasteiger charge is -2.06. The summed E-state index contributed by atoms with van der Waals surface area (Å²) in [5.41, 5.74) is 7.99. The fourth-order valence-corrected chi connectivity index (χ4v) is 1.84. The quantitative estimate of drug-likeness (QED) is 0.909. The maximum Gasteiger partial charge on any atom is 0.251 e. The Bertz CT molecular complexity index is 636. The van der Waals surface area contributed by atoms with E-state index in [1.807, 2.05) is 26.0 Å². The van der Waals surface area contributed by atoms with Crippen molar-refractivity contribution in [3.63, 3.8) is 0 Å². The third kappa shape index (κ3) is 4.18. The molecule has 2 rings (SSSR count). The Morgan fingerprint density at radius 1 is 0.905 bits per heavy atom. The summed E-state index contributed by atoms with van der Waals surface area (Å²) >= 11 is 0. The van der Waals surface area contributed by atoms with Crippen LogP contribution in [0.25, 0.3) is 11.1 Å². The van der Waals surface area contributed by atoms with Crippen LogP contribution < -0.4 is 11.1 Å². The summed E-state index contributed by atoms with van der Waals surface area (Å²) in [5, 5.41) is 2.58. The Morgan fingerprint density at radius 2 is 1.38 bits per heavy atom. The highest BCUT2D eigenvalue weighted by Gasteiger charge is 2.06. The molecule has 4 nitrogen and oxygen atoms in total. The van der Waals surface area contributed by atoms with Gasteiger partial charge >= 0.3 is 0 Å². The van der Waals surface area contributed by atoms with Crippen molar-refractivity contribution >= 4 is 11.8 Å². The highest BCUT2D eigenvalue weighted by molar-refractivity contribution is 5.96. The largest absolute Gasteiger partial charge is 0.366 e. The first kappa shape index (κ1) is 16.4. The van der Waals surface area contributed by atoms with E-state index < -0.39 is 5.91 Å². The van der Waals surface area contributed by atoms with E-state index in [0.717, 1.165) is 11.1 Å². The number of nitrogens with one attached hydrogen (secondary N) is 1. The van der Waals surface area contributed by atoms with E-state index in [1.54, 1.807) is 43.4 Å². The third-order valence-electron chi connectivity index (χ3n) is 2.83. The van der Waals surface area contributed by atoms with Gasteiger partial charge in [0.1, 0.15) is 0 Å². The zero-order valence-electron chi connectivity index (χ0n) is 12.5. The van der Waals surface area contributed by atoms with Gasteiger partial charge in [-0.15, -0.1) is 0 Å². The van der Waals surface area contributed by atoms with E-state index in [1.165, 1.54) is 0 Å². The molecule has 0 unspecified atom stereocenters. The van der Waals surface area contributed by atoms with Crippen molar-refractivity contribution in [1.29, 1.82) is 0 Å². The van der Waals surface area contributed by atoms with E-state index >= 15 is 0 Å². The van der Waals surface area contributed by atoms with Crippen molar-refractivity contribution < 1.29 is 9.59 Å². The van der Waals surface area contributed by atoms with Crippen LogP contribution in [0.15, 0.2) is 48.5 Å². The molecule has 0 aliphatic heterocycles. The zero-order chi connectivity index (χ0) is 15.8. The second-order valence-corrected chi connectivity index (χ2v) is 4.10. The minimum absolute atomic E-state index is 0.145. The molecule has 2 amide bonds. The minimum Gasteiger partial charge on any atom is -0.366 e. The second-order valence-electron chi connectivity index (χ2n) is 4.10. The number of amides is 2. The van der Waals surface area contributed by atoms with E-state index in [4.69, 9.17) is 5.73 Å². The van der Waals surface area contributed by atoms with Gasteiger partial charge in [-0.1, -0.05) is 38.1 Å². The lowest BCUT2D eigenvalue weighted by atomic mass is 10.0. The van der Waals surface area contributed by atoms with E-state index in [-0.39, 0.29) is 5.91 Å². The predicted molar refractivity (Wildman–Crippen MR) is 85.1 cm³/mol. The van der Waals surface area contributed by atoms with Gasteiger partial charge in [0.25, 0.3) is 5.91 Å². The molecule has 21 heavy (non-hydrogen) atoms. The van der Waals surface area contributed by atoms with E-state index in [9.17, 15) is 9.59 Å². The molecule has 0 bridgehead atoms. The predicted octanol–water partition coefficient (Wildman–Crippen LogP) is 2.84. The molecule has 0 aliphatic carbocycles. The van der Waals surface area contributed by atoms with Crippen LogP contribution in [-0.2, 0) is 0 Å². The first-order valence-electron chi connectivity index (χ1n) is 6.84. The van der Waals surface area contributed by atoms with Gasteiger partial charge in [0, 0.05) is 18.2 Å². The molecule has 0 radical (unpaired) electrons. The number of primary amides is 1. The molecule has 2 aromatic carbocycles. The average Bonchev–Trinajstić information content (AvgIpc) is 2.56. The van der Waals surface area contributed by atoms with Crippen LogP contribution in [0.1, 0.15) is 34.6 Å². The molecule has 110 valence electrons. The summed E-state index contributed by atoms with van der Waals surface area (Å²) in [7, 11) is 1.59. The molecule has 0 aliphatic rings. The molecule has 0 saturated heterocycles. The zero-order valence-corrected chi connectivity index (χ0v) is 12.5. The molecule has 0 heterocycles. The molecular formula is C17H20N2O2. The number of carbonyl (C=O) groups is 2. The summed E-state index contributed by atoms with van der Waals surface area (Å²) in [6.45, 7) is 4.00. The summed E-state index contributed by atoms with van der Waals surface area (Å²) < 4.78 is 0. The van der Waals surface area contributed by atoms with Crippen LogP contribution in [0.4, 0.5) is 0 Å². The molecular weight excluding hydrogens is 264 g/mol. The lowest BCUT2D eigenvalue weighted by molar-refractivity contribution is 0.0961. The van der Waals surface area contributed by atoms with Crippen molar-refractivity contribution in [2.45, 2.75) is 13.8 Å². The fourth-order valence-electron chi connectivity index (χ4n) is 1.84. The molecule has 0 fully saturated rings.